The highest BCUT2D eigenvalue weighted by Gasteiger charge is 2.14. The molecule has 1 rings (SSSR count). The molecule has 140 valence electrons. The van der Waals surface area contributed by atoms with Crippen LogP contribution in [0.5, 0.6) is 5.75 Å². The van der Waals surface area contributed by atoms with Gasteiger partial charge in [-0.3, -0.25) is 0 Å². The van der Waals surface area contributed by atoms with Gasteiger partial charge in [-0.1, -0.05) is 33.8 Å². The molecular weight excluding hydrogens is 322 g/mol. The number of hydrogen-bond acceptors (Lipinski definition) is 2. The Morgan fingerprint density at radius 1 is 1.20 bits per heavy atom. The van der Waals surface area contributed by atoms with E-state index in [1.807, 2.05) is 27.7 Å². The molecule has 0 N–H and O–H groups in total. The molecular formula is C21H30F2O2. The van der Waals surface area contributed by atoms with Crippen molar-refractivity contribution in [1.82, 2.24) is 0 Å². The fraction of sp³-hybridized carbons (Fsp3) is 0.524. The number of allylic oxidation sites excluding steroid dienone is 4. The topological polar surface area (TPSA) is 18.5 Å². The van der Waals surface area contributed by atoms with Crippen LogP contribution in [0.15, 0.2) is 41.9 Å². The molecule has 1 atom stereocenters. The van der Waals surface area contributed by atoms with Crippen molar-refractivity contribution in [3.63, 3.8) is 0 Å². The van der Waals surface area contributed by atoms with Crippen LogP contribution in [-0.4, -0.2) is 13.2 Å². The number of rotatable bonds is 11. The predicted octanol–water partition coefficient (Wildman–Crippen LogP) is 6.68. The Morgan fingerprint density at radius 3 is 2.60 bits per heavy atom. The van der Waals surface area contributed by atoms with Crippen LogP contribution in [0.1, 0.15) is 64.9 Å². The van der Waals surface area contributed by atoms with Gasteiger partial charge in [-0.25, -0.2) is 8.78 Å². The van der Waals surface area contributed by atoms with E-state index in [1.165, 1.54) is 18.2 Å². The Kier molecular flexibility index (Phi) is 10.1. The molecule has 0 spiro atoms. The first-order valence-electron chi connectivity index (χ1n) is 9.13. The average molecular weight is 352 g/mol. The van der Waals surface area contributed by atoms with Gasteiger partial charge in [0.2, 0.25) is 0 Å². The summed E-state index contributed by atoms with van der Waals surface area (Å²) in [5, 5.41) is 0. The number of benzene rings is 1. The zero-order chi connectivity index (χ0) is 18.7. The van der Waals surface area contributed by atoms with Crippen LogP contribution in [0, 0.1) is 5.82 Å². The summed E-state index contributed by atoms with van der Waals surface area (Å²) in [5.74, 6) is -0.0540. The summed E-state index contributed by atoms with van der Waals surface area (Å²) < 4.78 is 39.6. The molecule has 0 heterocycles. The minimum Gasteiger partial charge on any atom is -0.459 e. The highest BCUT2D eigenvalue weighted by molar-refractivity contribution is 5.34. The van der Waals surface area contributed by atoms with E-state index in [0.717, 1.165) is 19.3 Å². The molecule has 0 saturated carbocycles. The van der Waals surface area contributed by atoms with Crippen LogP contribution in [-0.2, 0) is 4.74 Å². The quantitative estimate of drug-likeness (QED) is 0.251. The average Bonchev–Trinajstić information content (AvgIpc) is 2.60. The second-order valence-corrected chi connectivity index (χ2v) is 6.09. The summed E-state index contributed by atoms with van der Waals surface area (Å²) in [6.07, 6.45) is 6.10. The fourth-order valence-electron chi connectivity index (χ4n) is 2.36. The molecule has 0 fully saturated rings. The molecule has 0 aliphatic rings. The van der Waals surface area contributed by atoms with Crippen LogP contribution < -0.4 is 4.74 Å². The first kappa shape index (κ1) is 21.4. The largest absolute Gasteiger partial charge is 0.459 e. The zero-order valence-electron chi connectivity index (χ0n) is 15.8. The lowest BCUT2D eigenvalue weighted by Crippen LogP contribution is -2.08. The van der Waals surface area contributed by atoms with Gasteiger partial charge in [-0.15, -0.1) is 0 Å². The van der Waals surface area contributed by atoms with E-state index in [1.54, 1.807) is 12.1 Å². The van der Waals surface area contributed by atoms with E-state index in [2.05, 4.69) is 0 Å². The molecule has 0 bridgehead atoms. The number of halogens is 2. The fourth-order valence-corrected chi connectivity index (χ4v) is 2.36. The molecule has 1 unspecified atom stereocenters. The summed E-state index contributed by atoms with van der Waals surface area (Å²) in [6.45, 7) is 8.94. The lowest BCUT2D eigenvalue weighted by molar-refractivity contribution is 0.123. The van der Waals surface area contributed by atoms with Gasteiger partial charge in [0.05, 0.1) is 6.61 Å². The molecule has 0 aliphatic heterocycles. The first-order chi connectivity index (χ1) is 12.0. The van der Waals surface area contributed by atoms with Crippen LogP contribution >= 0.6 is 0 Å². The Hall–Kier alpha value is -1.68. The minimum absolute atomic E-state index is 0.0986. The van der Waals surface area contributed by atoms with Gasteiger partial charge >= 0.3 is 0 Å². The van der Waals surface area contributed by atoms with Gasteiger partial charge < -0.3 is 9.47 Å². The van der Waals surface area contributed by atoms with Gasteiger partial charge in [0, 0.05) is 18.9 Å². The molecule has 0 aromatic heterocycles. The highest BCUT2D eigenvalue weighted by Crippen LogP contribution is 2.27. The maximum atomic E-state index is 14.2. The van der Waals surface area contributed by atoms with Gasteiger partial charge in [0.15, 0.2) is 5.83 Å². The highest BCUT2D eigenvalue weighted by atomic mass is 19.1. The van der Waals surface area contributed by atoms with Gasteiger partial charge in [-0.05, 0) is 49.1 Å². The Balaban J connectivity index is 2.97. The second kappa shape index (κ2) is 11.8. The Bertz CT molecular complexity index is 579. The maximum Gasteiger partial charge on any atom is 0.161 e. The first-order valence-corrected chi connectivity index (χ1v) is 9.13. The van der Waals surface area contributed by atoms with Crippen LogP contribution in [0.4, 0.5) is 8.78 Å². The predicted molar refractivity (Wildman–Crippen MR) is 99.0 cm³/mol. The van der Waals surface area contributed by atoms with Crippen molar-refractivity contribution in [3.8, 4) is 5.75 Å². The number of hydrogen-bond donors (Lipinski definition) is 0. The third-order valence-corrected chi connectivity index (χ3v) is 3.70. The normalized spacial score (nSPS) is 13.8. The third-order valence-electron chi connectivity index (χ3n) is 3.70. The van der Waals surface area contributed by atoms with Gasteiger partial charge in [-0.2, -0.15) is 0 Å². The molecule has 0 saturated heterocycles. The van der Waals surface area contributed by atoms with Crippen LogP contribution in [0.3, 0.4) is 0 Å². The van der Waals surface area contributed by atoms with Crippen LogP contribution in [0.2, 0.25) is 0 Å². The molecule has 25 heavy (non-hydrogen) atoms. The van der Waals surface area contributed by atoms with Crippen molar-refractivity contribution < 1.29 is 18.3 Å². The van der Waals surface area contributed by atoms with E-state index in [9.17, 15) is 8.78 Å². The Morgan fingerprint density at radius 2 is 1.96 bits per heavy atom. The van der Waals surface area contributed by atoms with Crippen molar-refractivity contribution in [1.29, 1.82) is 0 Å². The monoisotopic (exact) mass is 352 g/mol. The van der Waals surface area contributed by atoms with Crippen LogP contribution in [0.25, 0.3) is 0 Å². The smallest absolute Gasteiger partial charge is 0.161 e. The maximum absolute atomic E-state index is 14.2. The molecule has 0 aliphatic carbocycles. The summed E-state index contributed by atoms with van der Waals surface area (Å²) >= 11 is 0. The summed E-state index contributed by atoms with van der Waals surface area (Å²) in [6, 6.07) is 4.54. The van der Waals surface area contributed by atoms with Crippen molar-refractivity contribution in [3.05, 3.63) is 53.3 Å². The molecule has 1 aromatic rings. The van der Waals surface area contributed by atoms with Gasteiger partial charge in [0.1, 0.15) is 17.3 Å². The molecule has 2 nitrogen and oxygen atoms in total. The van der Waals surface area contributed by atoms with Crippen molar-refractivity contribution in [2.75, 3.05) is 13.2 Å². The lowest BCUT2D eigenvalue weighted by atomic mass is 10.0. The van der Waals surface area contributed by atoms with Crippen molar-refractivity contribution in [2.24, 2.45) is 0 Å². The Labute approximate surface area is 150 Å². The van der Waals surface area contributed by atoms with E-state index < -0.39 is 0 Å². The van der Waals surface area contributed by atoms with E-state index in [-0.39, 0.29) is 23.3 Å². The zero-order valence-corrected chi connectivity index (χ0v) is 15.8. The molecule has 1 aromatic carbocycles. The van der Waals surface area contributed by atoms with E-state index in [4.69, 9.17) is 9.47 Å². The third kappa shape index (κ3) is 7.39. The SMILES string of the molecule is CC/C=C/C(F)=C(\CCC)Oc1ccc(F)c(C(C)COCCC)c1. The standard InChI is InChI=1S/C21H30F2O2/c1-5-8-10-20(23)21(9-6-2)25-17-11-12-19(22)18(14-17)16(4)15-24-13-7-3/h8,10-12,14,16H,5-7,9,13,15H2,1-4H3/b10-8+,21-20-. The molecule has 0 radical (unpaired) electrons. The summed E-state index contributed by atoms with van der Waals surface area (Å²) in [5.41, 5.74) is 0.522. The lowest BCUT2D eigenvalue weighted by Gasteiger charge is -2.16. The summed E-state index contributed by atoms with van der Waals surface area (Å²) in [4.78, 5) is 0. The number of ether oxygens (including phenoxy) is 2. The van der Waals surface area contributed by atoms with Crippen molar-refractivity contribution in [2.45, 2.75) is 59.3 Å². The van der Waals surface area contributed by atoms with E-state index in [0.29, 0.717) is 30.9 Å². The second-order valence-electron chi connectivity index (χ2n) is 6.09. The molecule has 4 heteroatoms. The van der Waals surface area contributed by atoms with Gasteiger partial charge in [0.25, 0.3) is 0 Å². The molecule has 0 amide bonds. The summed E-state index contributed by atoms with van der Waals surface area (Å²) in [7, 11) is 0. The minimum atomic E-state index is -0.381. The van der Waals surface area contributed by atoms with E-state index >= 15 is 0 Å². The van der Waals surface area contributed by atoms with Crippen molar-refractivity contribution >= 4 is 0 Å².